The van der Waals surface area contributed by atoms with Crippen molar-refractivity contribution in [2.75, 3.05) is 13.2 Å². The highest BCUT2D eigenvalue weighted by molar-refractivity contribution is 6.32. The Balaban J connectivity index is 1.62. The van der Waals surface area contributed by atoms with Gasteiger partial charge in [-0.15, -0.1) is 0 Å². The molecular weight excluding hydrogens is 432 g/mol. The molecule has 0 spiro atoms. The van der Waals surface area contributed by atoms with E-state index >= 15 is 0 Å². The molecule has 0 aliphatic carbocycles. The van der Waals surface area contributed by atoms with Gasteiger partial charge in [-0.3, -0.25) is 4.79 Å². The van der Waals surface area contributed by atoms with Gasteiger partial charge in [0.15, 0.2) is 0 Å². The van der Waals surface area contributed by atoms with Gasteiger partial charge < -0.3 is 24.1 Å². The van der Waals surface area contributed by atoms with Gasteiger partial charge in [0.1, 0.15) is 35.6 Å². The third-order valence-corrected chi connectivity index (χ3v) is 6.54. The van der Waals surface area contributed by atoms with Gasteiger partial charge in [0, 0.05) is 11.5 Å². The van der Waals surface area contributed by atoms with Crippen molar-refractivity contribution in [1.82, 2.24) is 0 Å². The Kier molecular flexibility index (Phi) is 6.54. The maximum Gasteiger partial charge on any atom is 0.309 e. The van der Waals surface area contributed by atoms with Gasteiger partial charge in [0.2, 0.25) is 0 Å². The van der Waals surface area contributed by atoms with E-state index in [9.17, 15) is 9.90 Å². The van der Waals surface area contributed by atoms with Gasteiger partial charge in [-0.1, -0.05) is 30.7 Å². The van der Waals surface area contributed by atoms with Crippen LogP contribution in [0, 0.1) is 11.8 Å². The number of halogens is 1. The number of hydrogen-bond acceptors (Lipinski definition) is 5. The second-order valence-corrected chi connectivity index (χ2v) is 9.28. The number of hydrogen-bond donors (Lipinski definition) is 1. The van der Waals surface area contributed by atoms with E-state index in [-0.39, 0.29) is 18.6 Å². The first kappa shape index (κ1) is 22.7. The Hall–Kier alpha value is -2.44. The van der Waals surface area contributed by atoms with Crippen LogP contribution in [-0.4, -0.2) is 36.0 Å². The fraction of sp³-hybridized carbons (Fsp3) is 0.480. The van der Waals surface area contributed by atoms with Crippen molar-refractivity contribution in [3.63, 3.8) is 0 Å². The van der Waals surface area contributed by atoms with Crippen LogP contribution in [0.3, 0.4) is 0 Å². The van der Waals surface area contributed by atoms with Crippen molar-refractivity contribution in [2.45, 2.75) is 51.4 Å². The number of ether oxygens (including phenoxy) is 4. The normalized spacial score (nSPS) is 25.8. The summed E-state index contributed by atoms with van der Waals surface area (Å²) < 4.78 is 24.4. The van der Waals surface area contributed by atoms with Crippen LogP contribution in [0.1, 0.15) is 45.3 Å². The molecule has 2 aliphatic rings. The molecule has 0 bridgehead atoms. The molecule has 4 rings (SSSR count). The third kappa shape index (κ3) is 4.52. The minimum Gasteiger partial charge on any atom is -0.494 e. The van der Waals surface area contributed by atoms with Crippen LogP contribution in [0.2, 0.25) is 5.02 Å². The van der Waals surface area contributed by atoms with Gasteiger partial charge in [-0.25, -0.2) is 0 Å². The molecule has 2 aromatic rings. The monoisotopic (exact) mass is 460 g/mol. The van der Waals surface area contributed by atoms with Crippen molar-refractivity contribution in [1.29, 1.82) is 0 Å². The van der Waals surface area contributed by atoms with E-state index < -0.39 is 23.6 Å². The van der Waals surface area contributed by atoms with E-state index in [4.69, 9.17) is 30.5 Å². The molecule has 1 fully saturated rings. The number of aliphatic carboxylic acids is 1. The number of para-hydroxylation sites is 1. The Morgan fingerprint density at radius 1 is 1.22 bits per heavy atom. The summed E-state index contributed by atoms with van der Waals surface area (Å²) in [7, 11) is 0. The maximum atomic E-state index is 12.1. The number of rotatable bonds is 7. The van der Waals surface area contributed by atoms with Crippen LogP contribution < -0.4 is 14.2 Å². The number of carboxylic acids is 1. The van der Waals surface area contributed by atoms with Crippen molar-refractivity contribution in [3.8, 4) is 17.2 Å². The van der Waals surface area contributed by atoms with Gasteiger partial charge in [0.25, 0.3) is 0 Å². The zero-order valence-electron chi connectivity index (χ0n) is 18.5. The summed E-state index contributed by atoms with van der Waals surface area (Å²) in [4.78, 5) is 12.1. The third-order valence-electron chi connectivity index (χ3n) is 6.23. The molecule has 7 heteroatoms. The van der Waals surface area contributed by atoms with E-state index in [2.05, 4.69) is 6.92 Å². The Bertz CT molecular complexity index is 975. The highest BCUT2D eigenvalue weighted by Gasteiger charge is 2.52. The first-order valence-corrected chi connectivity index (χ1v) is 11.4. The lowest BCUT2D eigenvalue weighted by Crippen LogP contribution is -2.53. The highest BCUT2D eigenvalue weighted by atomic mass is 35.5. The van der Waals surface area contributed by atoms with Crippen molar-refractivity contribution in [2.24, 2.45) is 11.8 Å². The molecule has 1 N–H and O–H groups in total. The summed E-state index contributed by atoms with van der Waals surface area (Å²) in [5, 5.41) is 10.4. The summed E-state index contributed by atoms with van der Waals surface area (Å²) in [5.74, 6) is 0.238. The van der Waals surface area contributed by atoms with E-state index in [1.807, 2.05) is 44.2 Å². The summed E-state index contributed by atoms with van der Waals surface area (Å²) >= 11 is 6.20. The standard InChI is InChI=1S/C25H29ClO6/c1-4-11-29-15-9-10-20-16(12-15)23-18(25(2,3)32-20)13-17(24(27)28)22(31-23)14-30-21-8-6-5-7-19(21)26/h5-10,12,17-18,22-23H,4,11,13-14H2,1-3H3,(H,27,28)/t17-,18-,22-,23+/m0/s1. The fourth-order valence-corrected chi connectivity index (χ4v) is 4.72. The average molecular weight is 461 g/mol. The first-order chi connectivity index (χ1) is 15.3. The van der Waals surface area contributed by atoms with Gasteiger partial charge in [-0.2, -0.15) is 0 Å². The zero-order valence-corrected chi connectivity index (χ0v) is 19.3. The lowest BCUT2D eigenvalue weighted by atomic mass is 9.72. The molecule has 0 radical (unpaired) electrons. The zero-order chi connectivity index (χ0) is 22.9. The van der Waals surface area contributed by atoms with Crippen LogP contribution in [0.15, 0.2) is 42.5 Å². The summed E-state index contributed by atoms with van der Waals surface area (Å²) in [6.45, 7) is 6.73. The topological polar surface area (TPSA) is 74.2 Å². The van der Waals surface area contributed by atoms with E-state index in [0.29, 0.717) is 23.8 Å². The van der Waals surface area contributed by atoms with E-state index in [1.165, 1.54) is 0 Å². The number of carboxylic acid groups (broad SMARTS) is 1. The van der Waals surface area contributed by atoms with Crippen molar-refractivity contribution in [3.05, 3.63) is 53.1 Å². The molecular formula is C25H29ClO6. The van der Waals surface area contributed by atoms with Crippen LogP contribution >= 0.6 is 11.6 Å². The van der Waals surface area contributed by atoms with Crippen LogP contribution in [0.25, 0.3) is 0 Å². The molecule has 6 nitrogen and oxygen atoms in total. The second kappa shape index (κ2) is 9.20. The van der Waals surface area contributed by atoms with Crippen LogP contribution in [0.4, 0.5) is 0 Å². The minimum atomic E-state index is -0.905. The van der Waals surface area contributed by atoms with E-state index in [1.54, 1.807) is 12.1 Å². The molecule has 2 heterocycles. The predicted molar refractivity (Wildman–Crippen MR) is 121 cm³/mol. The summed E-state index contributed by atoms with van der Waals surface area (Å²) in [6.07, 6.45) is 0.370. The molecule has 2 aromatic carbocycles. The fourth-order valence-electron chi connectivity index (χ4n) is 4.52. The molecule has 0 unspecified atom stereocenters. The van der Waals surface area contributed by atoms with Crippen molar-refractivity contribution >= 4 is 17.6 Å². The van der Waals surface area contributed by atoms with Crippen LogP contribution in [0.5, 0.6) is 17.2 Å². The molecule has 0 saturated carbocycles. The molecule has 2 aliphatic heterocycles. The highest BCUT2D eigenvalue weighted by Crippen LogP contribution is 2.52. The predicted octanol–water partition coefficient (Wildman–Crippen LogP) is 5.53. The van der Waals surface area contributed by atoms with Gasteiger partial charge >= 0.3 is 5.97 Å². The Morgan fingerprint density at radius 2 is 2.00 bits per heavy atom. The quantitative estimate of drug-likeness (QED) is 0.586. The molecule has 0 amide bonds. The Morgan fingerprint density at radius 3 is 2.72 bits per heavy atom. The lowest BCUT2D eigenvalue weighted by Gasteiger charge is -2.50. The molecule has 0 aromatic heterocycles. The van der Waals surface area contributed by atoms with Gasteiger partial charge in [0.05, 0.1) is 23.7 Å². The van der Waals surface area contributed by atoms with Crippen LogP contribution in [-0.2, 0) is 9.53 Å². The summed E-state index contributed by atoms with van der Waals surface area (Å²) in [6, 6.07) is 12.9. The average Bonchev–Trinajstić information content (AvgIpc) is 2.76. The van der Waals surface area contributed by atoms with Gasteiger partial charge in [-0.05, 0) is 57.0 Å². The number of fused-ring (bicyclic) bond motifs is 3. The Labute approximate surface area is 193 Å². The molecule has 4 atom stereocenters. The molecule has 32 heavy (non-hydrogen) atoms. The SMILES string of the molecule is CCCOc1ccc2c(c1)[C@H]1O[C@@H](COc3ccccc3Cl)[C@@H](C(=O)O)C[C@@H]1C(C)(C)O2. The molecule has 172 valence electrons. The summed E-state index contributed by atoms with van der Waals surface area (Å²) in [5.41, 5.74) is 0.306. The second-order valence-electron chi connectivity index (χ2n) is 8.88. The van der Waals surface area contributed by atoms with Crippen molar-refractivity contribution < 1.29 is 28.8 Å². The largest absolute Gasteiger partial charge is 0.494 e. The maximum absolute atomic E-state index is 12.1. The lowest BCUT2D eigenvalue weighted by molar-refractivity contribution is -0.192. The smallest absolute Gasteiger partial charge is 0.309 e. The van der Waals surface area contributed by atoms with E-state index in [0.717, 1.165) is 23.5 Å². The minimum absolute atomic E-state index is 0.0898. The number of benzene rings is 2. The molecule has 1 saturated heterocycles. The number of carbonyl (C=O) groups is 1. The first-order valence-electron chi connectivity index (χ1n) is 11.0.